The second-order valence-electron chi connectivity index (χ2n) is 5.63. The van der Waals surface area contributed by atoms with Gasteiger partial charge in [-0.15, -0.1) is 0 Å². The molecule has 0 aromatic rings. The van der Waals surface area contributed by atoms with Crippen molar-refractivity contribution < 1.29 is 19.9 Å². The van der Waals surface area contributed by atoms with Crippen molar-refractivity contribution in [1.82, 2.24) is 0 Å². The summed E-state index contributed by atoms with van der Waals surface area (Å²) in [5.41, 5.74) is -3.14. The first kappa shape index (κ1) is 12.9. The van der Waals surface area contributed by atoms with Crippen molar-refractivity contribution in [2.24, 2.45) is 10.8 Å². The molecule has 0 bridgehead atoms. The molecule has 0 saturated heterocycles. The highest BCUT2D eigenvalue weighted by Crippen LogP contribution is 2.59. The SMILES string of the molecule is CC(C)(C)C1(C(=O)O)CC(CO)([N+](=O)[O-])C1. The van der Waals surface area contributed by atoms with Gasteiger partial charge in [-0.25, -0.2) is 0 Å². The fraction of sp³-hybridized carbons (Fsp3) is 0.900. The molecule has 0 aromatic carbocycles. The summed E-state index contributed by atoms with van der Waals surface area (Å²) in [5, 5.41) is 29.1. The summed E-state index contributed by atoms with van der Waals surface area (Å²) in [7, 11) is 0. The van der Waals surface area contributed by atoms with Gasteiger partial charge < -0.3 is 10.2 Å². The number of nitro groups is 1. The standard InChI is InChI=1S/C10H17NO5/c1-8(2,3)10(7(13)14)4-9(5-10,6-12)11(15)16/h12H,4-6H2,1-3H3,(H,13,14). The van der Waals surface area contributed by atoms with Crippen LogP contribution in [0.1, 0.15) is 33.6 Å². The van der Waals surface area contributed by atoms with E-state index in [1.165, 1.54) is 0 Å². The maximum Gasteiger partial charge on any atom is 0.310 e. The Bertz CT molecular complexity index is 325. The van der Waals surface area contributed by atoms with Crippen molar-refractivity contribution >= 4 is 5.97 Å². The average Bonchev–Trinajstić information content (AvgIpc) is 1.99. The third kappa shape index (κ3) is 1.48. The van der Waals surface area contributed by atoms with Crippen LogP contribution in [0.3, 0.4) is 0 Å². The van der Waals surface area contributed by atoms with E-state index < -0.39 is 33.9 Å². The van der Waals surface area contributed by atoms with Crippen LogP contribution in [0.4, 0.5) is 0 Å². The van der Waals surface area contributed by atoms with Gasteiger partial charge in [-0.1, -0.05) is 20.8 Å². The van der Waals surface area contributed by atoms with Crippen molar-refractivity contribution in [1.29, 1.82) is 0 Å². The Labute approximate surface area is 93.4 Å². The van der Waals surface area contributed by atoms with Crippen molar-refractivity contribution in [2.75, 3.05) is 6.61 Å². The highest BCUT2D eigenvalue weighted by Gasteiger charge is 2.70. The lowest BCUT2D eigenvalue weighted by molar-refractivity contribution is -0.601. The number of hydrogen-bond donors (Lipinski definition) is 2. The molecule has 2 N–H and O–H groups in total. The van der Waals surface area contributed by atoms with Crippen molar-refractivity contribution in [3.8, 4) is 0 Å². The van der Waals surface area contributed by atoms with E-state index in [-0.39, 0.29) is 12.8 Å². The van der Waals surface area contributed by atoms with Gasteiger partial charge in [0.05, 0.1) is 5.41 Å². The van der Waals surface area contributed by atoms with Gasteiger partial charge in [0.25, 0.3) is 0 Å². The van der Waals surface area contributed by atoms with Crippen LogP contribution >= 0.6 is 0 Å². The summed E-state index contributed by atoms with van der Waals surface area (Å²) >= 11 is 0. The van der Waals surface area contributed by atoms with Gasteiger partial charge in [-0.3, -0.25) is 14.9 Å². The average molecular weight is 231 g/mol. The summed E-state index contributed by atoms with van der Waals surface area (Å²) in [4.78, 5) is 21.5. The zero-order valence-electron chi connectivity index (χ0n) is 9.69. The number of carbonyl (C=O) groups is 1. The van der Waals surface area contributed by atoms with E-state index in [9.17, 15) is 20.0 Å². The molecule has 0 aromatic heterocycles. The number of hydrogen-bond acceptors (Lipinski definition) is 4. The van der Waals surface area contributed by atoms with Crippen molar-refractivity contribution in [2.45, 2.75) is 39.2 Å². The molecule has 0 radical (unpaired) electrons. The summed E-state index contributed by atoms with van der Waals surface area (Å²) in [6.45, 7) is 4.65. The number of rotatable bonds is 3. The maximum absolute atomic E-state index is 11.3. The molecule has 6 heteroatoms. The predicted molar refractivity (Wildman–Crippen MR) is 55.6 cm³/mol. The summed E-state index contributed by atoms with van der Waals surface area (Å²) < 4.78 is 0. The molecular formula is C10H17NO5. The van der Waals surface area contributed by atoms with E-state index in [1.807, 2.05) is 0 Å². The molecule has 1 rings (SSSR count). The Morgan fingerprint density at radius 3 is 2.06 bits per heavy atom. The fourth-order valence-corrected chi connectivity index (χ4v) is 2.37. The first-order valence-electron chi connectivity index (χ1n) is 5.10. The van der Waals surface area contributed by atoms with Gasteiger partial charge in [0, 0.05) is 17.8 Å². The molecule has 6 nitrogen and oxygen atoms in total. The van der Waals surface area contributed by atoms with Gasteiger partial charge in [-0.2, -0.15) is 0 Å². The minimum atomic E-state index is -1.47. The van der Waals surface area contributed by atoms with E-state index in [0.29, 0.717) is 0 Å². The molecule has 0 unspecified atom stereocenters. The minimum absolute atomic E-state index is 0.109. The number of nitrogens with zero attached hydrogens (tertiary/aromatic N) is 1. The van der Waals surface area contributed by atoms with Crippen LogP contribution in [0.15, 0.2) is 0 Å². The Balaban J connectivity index is 3.02. The van der Waals surface area contributed by atoms with Crippen molar-refractivity contribution in [3.63, 3.8) is 0 Å². The zero-order chi connectivity index (χ0) is 12.8. The first-order chi connectivity index (χ1) is 7.11. The quantitative estimate of drug-likeness (QED) is 0.555. The smallest absolute Gasteiger partial charge is 0.310 e. The zero-order valence-corrected chi connectivity index (χ0v) is 9.69. The minimum Gasteiger partial charge on any atom is -0.481 e. The molecule has 1 saturated carbocycles. The van der Waals surface area contributed by atoms with Gasteiger partial charge >= 0.3 is 5.97 Å². The van der Waals surface area contributed by atoms with E-state index in [2.05, 4.69) is 0 Å². The lowest BCUT2D eigenvalue weighted by atomic mass is 9.48. The summed E-state index contributed by atoms with van der Waals surface area (Å²) in [6, 6.07) is 0. The van der Waals surface area contributed by atoms with Gasteiger partial charge in [0.1, 0.15) is 6.61 Å². The Morgan fingerprint density at radius 1 is 1.44 bits per heavy atom. The van der Waals surface area contributed by atoms with Gasteiger partial charge in [-0.05, 0) is 5.41 Å². The molecule has 0 aliphatic heterocycles. The number of carboxylic acids is 1. The van der Waals surface area contributed by atoms with Crippen LogP contribution in [0, 0.1) is 20.9 Å². The number of carboxylic acid groups (broad SMARTS) is 1. The van der Waals surface area contributed by atoms with Crippen LogP contribution in [-0.4, -0.2) is 33.3 Å². The number of aliphatic hydroxyl groups is 1. The van der Waals surface area contributed by atoms with Gasteiger partial charge in [0.2, 0.25) is 5.54 Å². The van der Waals surface area contributed by atoms with E-state index in [4.69, 9.17) is 5.11 Å². The summed E-state index contributed by atoms with van der Waals surface area (Å²) in [6.07, 6.45) is -0.218. The summed E-state index contributed by atoms with van der Waals surface area (Å²) in [5.74, 6) is -1.02. The molecule has 0 spiro atoms. The first-order valence-corrected chi connectivity index (χ1v) is 5.10. The number of aliphatic carboxylic acids is 1. The lowest BCUT2D eigenvalue weighted by Crippen LogP contribution is -2.66. The number of aliphatic hydroxyl groups excluding tert-OH is 1. The largest absolute Gasteiger partial charge is 0.481 e. The monoisotopic (exact) mass is 231 g/mol. The topological polar surface area (TPSA) is 101 Å². The Kier molecular flexibility index (Phi) is 2.75. The Hall–Kier alpha value is -1.17. The normalized spacial score (nSPS) is 34.2. The Morgan fingerprint density at radius 2 is 1.88 bits per heavy atom. The van der Waals surface area contributed by atoms with Crippen molar-refractivity contribution in [3.05, 3.63) is 10.1 Å². The highest BCUT2D eigenvalue weighted by molar-refractivity contribution is 5.77. The third-order valence-corrected chi connectivity index (χ3v) is 3.79. The molecule has 0 heterocycles. The fourth-order valence-electron chi connectivity index (χ4n) is 2.37. The molecule has 92 valence electrons. The van der Waals surface area contributed by atoms with Crippen LogP contribution < -0.4 is 0 Å². The lowest BCUT2D eigenvalue weighted by Gasteiger charge is -2.53. The molecule has 1 fully saturated rings. The molecular weight excluding hydrogens is 214 g/mol. The van der Waals surface area contributed by atoms with Crippen LogP contribution in [-0.2, 0) is 4.79 Å². The van der Waals surface area contributed by atoms with E-state index >= 15 is 0 Å². The second kappa shape index (κ2) is 3.41. The highest BCUT2D eigenvalue weighted by atomic mass is 16.6. The molecule has 1 aliphatic carbocycles. The third-order valence-electron chi connectivity index (χ3n) is 3.79. The van der Waals surface area contributed by atoms with E-state index in [1.54, 1.807) is 20.8 Å². The van der Waals surface area contributed by atoms with E-state index in [0.717, 1.165) is 0 Å². The van der Waals surface area contributed by atoms with Crippen LogP contribution in [0.2, 0.25) is 0 Å². The van der Waals surface area contributed by atoms with Crippen LogP contribution in [0.25, 0.3) is 0 Å². The predicted octanol–water partition coefficient (Wildman–Crippen LogP) is 0.905. The molecule has 1 aliphatic rings. The molecule has 0 atom stereocenters. The maximum atomic E-state index is 11.3. The molecule has 0 amide bonds. The van der Waals surface area contributed by atoms with Crippen LogP contribution in [0.5, 0.6) is 0 Å². The molecule has 16 heavy (non-hydrogen) atoms. The second-order valence-corrected chi connectivity index (χ2v) is 5.63. The van der Waals surface area contributed by atoms with Gasteiger partial charge in [0.15, 0.2) is 0 Å².